The summed E-state index contributed by atoms with van der Waals surface area (Å²) in [5.74, 6) is 0. The van der Waals surface area contributed by atoms with Gasteiger partial charge in [0.05, 0.1) is 6.61 Å². The van der Waals surface area contributed by atoms with E-state index in [2.05, 4.69) is 5.32 Å². The Morgan fingerprint density at radius 2 is 2.42 bits per heavy atom. The van der Waals surface area contributed by atoms with Crippen LogP contribution < -0.4 is 5.32 Å². The minimum absolute atomic E-state index is 0.0929. The summed E-state index contributed by atoms with van der Waals surface area (Å²) in [5.41, 5.74) is 0. The predicted octanol–water partition coefficient (Wildman–Crippen LogP) is -0.282. The summed E-state index contributed by atoms with van der Waals surface area (Å²) in [7, 11) is 1.84. The standard InChI is InChI=1S/C8H17NO3/c1-3-11-8-7(10)6(9-2)4-5-12-8/h6-10H,3-5H2,1-2H3. The van der Waals surface area contributed by atoms with E-state index in [9.17, 15) is 5.11 Å². The molecule has 1 aliphatic rings. The highest BCUT2D eigenvalue weighted by molar-refractivity contribution is 4.80. The fraction of sp³-hybridized carbons (Fsp3) is 1.00. The van der Waals surface area contributed by atoms with Gasteiger partial charge in [-0.25, -0.2) is 0 Å². The number of aliphatic hydroxyl groups excluding tert-OH is 1. The van der Waals surface area contributed by atoms with Crippen LogP contribution in [0.2, 0.25) is 0 Å². The molecule has 0 amide bonds. The lowest BCUT2D eigenvalue weighted by molar-refractivity contribution is -0.220. The zero-order valence-corrected chi connectivity index (χ0v) is 7.62. The summed E-state index contributed by atoms with van der Waals surface area (Å²) in [6, 6.07) is 0.0929. The van der Waals surface area contributed by atoms with Gasteiger partial charge in [0.2, 0.25) is 0 Å². The Kier molecular flexibility index (Phi) is 3.94. The third-order valence-electron chi connectivity index (χ3n) is 2.10. The first-order chi connectivity index (χ1) is 5.79. The first-order valence-electron chi connectivity index (χ1n) is 4.38. The molecule has 0 saturated carbocycles. The van der Waals surface area contributed by atoms with Crippen molar-refractivity contribution in [1.82, 2.24) is 5.32 Å². The predicted molar refractivity (Wildman–Crippen MR) is 44.8 cm³/mol. The van der Waals surface area contributed by atoms with Crippen molar-refractivity contribution in [3.63, 3.8) is 0 Å². The van der Waals surface area contributed by atoms with Crippen LogP contribution in [0, 0.1) is 0 Å². The number of hydrogen-bond donors (Lipinski definition) is 2. The molecule has 0 aromatic heterocycles. The molecule has 1 rings (SSSR count). The molecule has 4 heteroatoms. The second-order valence-corrected chi connectivity index (χ2v) is 2.87. The van der Waals surface area contributed by atoms with E-state index in [1.807, 2.05) is 14.0 Å². The summed E-state index contributed by atoms with van der Waals surface area (Å²) in [6.07, 6.45) is -0.175. The zero-order valence-electron chi connectivity index (χ0n) is 7.62. The van der Waals surface area contributed by atoms with Crippen LogP contribution in [0.4, 0.5) is 0 Å². The summed E-state index contributed by atoms with van der Waals surface area (Å²) in [4.78, 5) is 0. The first-order valence-corrected chi connectivity index (χ1v) is 4.38. The average molecular weight is 175 g/mol. The van der Waals surface area contributed by atoms with Crippen molar-refractivity contribution in [2.75, 3.05) is 20.3 Å². The first kappa shape index (κ1) is 9.92. The van der Waals surface area contributed by atoms with Gasteiger partial charge in [0.15, 0.2) is 6.29 Å². The maximum absolute atomic E-state index is 9.65. The van der Waals surface area contributed by atoms with Crippen molar-refractivity contribution >= 4 is 0 Å². The molecular weight excluding hydrogens is 158 g/mol. The lowest BCUT2D eigenvalue weighted by Gasteiger charge is -2.34. The van der Waals surface area contributed by atoms with E-state index in [1.54, 1.807) is 0 Å². The minimum atomic E-state index is -0.552. The maximum Gasteiger partial charge on any atom is 0.184 e. The summed E-state index contributed by atoms with van der Waals surface area (Å²) in [6.45, 7) is 3.10. The Hall–Kier alpha value is -0.160. The quantitative estimate of drug-likeness (QED) is 0.619. The largest absolute Gasteiger partial charge is 0.386 e. The van der Waals surface area contributed by atoms with Gasteiger partial charge < -0.3 is 19.9 Å². The van der Waals surface area contributed by atoms with E-state index in [4.69, 9.17) is 9.47 Å². The highest BCUT2D eigenvalue weighted by Crippen LogP contribution is 2.15. The molecule has 1 aliphatic heterocycles. The van der Waals surface area contributed by atoms with Gasteiger partial charge >= 0.3 is 0 Å². The van der Waals surface area contributed by atoms with Crippen molar-refractivity contribution in [3.8, 4) is 0 Å². The topological polar surface area (TPSA) is 50.7 Å². The average Bonchev–Trinajstić information content (AvgIpc) is 2.09. The minimum Gasteiger partial charge on any atom is -0.386 e. The molecule has 0 aliphatic carbocycles. The second kappa shape index (κ2) is 4.77. The van der Waals surface area contributed by atoms with Gasteiger partial charge in [-0.15, -0.1) is 0 Å². The number of nitrogens with one attached hydrogen (secondary N) is 1. The molecule has 2 N–H and O–H groups in total. The van der Waals surface area contributed by atoms with Crippen molar-refractivity contribution in [2.24, 2.45) is 0 Å². The van der Waals surface area contributed by atoms with Crippen LogP contribution in [0.15, 0.2) is 0 Å². The number of hydrogen-bond acceptors (Lipinski definition) is 4. The number of likely N-dealkylation sites (N-methyl/N-ethyl adjacent to an activating group) is 1. The highest BCUT2D eigenvalue weighted by Gasteiger charge is 2.31. The van der Waals surface area contributed by atoms with Crippen LogP contribution in [0.1, 0.15) is 13.3 Å². The number of rotatable bonds is 3. The van der Waals surface area contributed by atoms with Crippen LogP contribution >= 0.6 is 0 Å². The van der Waals surface area contributed by atoms with Crippen LogP contribution in [0.25, 0.3) is 0 Å². The molecule has 4 nitrogen and oxygen atoms in total. The monoisotopic (exact) mass is 175 g/mol. The molecule has 0 radical (unpaired) electrons. The Balaban J connectivity index is 2.41. The molecule has 1 fully saturated rings. The van der Waals surface area contributed by atoms with Crippen LogP contribution in [0.5, 0.6) is 0 Å². The molecule has 12 heavy (non-hydrogen) atoms. The lowest BCUT2D eigenvalue weighted by atomic mass is 10.1. The van der Waals surface area contributed by atoms with Crippen LogP contribution in [0.3, 0.4) is 0 Å². The molecule has 0 aromatic rings. The summed E-state index contributed by atoms with van der Waals surface area (Å²) < 4.78 is 10.5. The van der Waals surface area contributed by atoms with Crippen molar-refractivity contribution in [3.05, 3.63) is 0 Å². The van der Waals surface area contributed by atoms with Crippen molar-refractivity contribution in [2.45, 2.75) is 31.8 Å². The fourth-order valence-electron chi connectivity index (χ4n) is 1.40. The second-order valence-electron chi connectivity index (χ2n) is 2.87. The van der Waals surface area contributed by atoms with Gasteiger partial charge in [0.25, 0.3) is 0 Å². The van der Waals surface area contributed by atoms with E-state index < -0.39 is 12.4 Å². The molecule has 1 saturated heterocycles. The molecule has 3 atom stereocenters. The number of aliphatic hydroxyl groups is 1. The highest BCUT2D eigenvalue weighted by atomic mass is 16.7. The summed E-state index contributed by atoms with van der Waals surface area (Å²) in [5, 5.41) is 12.7. The number of ether oxygens (including phenoxy) is 2. The van der Waals surface area contributed by atoms with E-state index in [-0.39, 0.29) is 6.04 Å². The van der Waals surface area contributed by atoms with Gasteiger partial charge in [-0.05, 0) is 20.4 Å². The Morgan fingerprint density at radius 3 is 3.00 bits per heavy atom. The maximum atomic E-state index is 9.65. The van der Waals surface area contributed by atoms with E-state index in [1.165, 1.54) is 0 Å². The van der Waals surface area contributed by atoms with Crippen LogP contribution in [-0.2, 0) is 9.47 Å². The molecule has 72 valence electrons. The van der Waals surface area contributed by atoms with Crippen molar-refractivity contribution in [1.29, 1.82) is 0 Å². The molecular formula is C8H17NO3. The molecule has 0 spiro atoms. The Labute approximate surface area is 72.9 Å². The fourth-order valence-corrected chi connectivity index (χ4v) is 1.40. The normalized spacial score (nSPS) is 36.8. The summed E-state index contributed by atoms with van der Waals surface area (Å²) >= 11 is 0. The van der Waals surface area contributed by atoms with Crippen molar-refractivity contribution < 1.29 is 14.6 Å². The van der Waals surface area contributed by atoms with Gasteiger partial charge in [-0.1, -0.05) is 0 Å². The van der Waals surface area contributed by atoms with E-state index >= 15 is 0 Å². The van der Waals surface area contributed by atoms with Gasteiger partial charge in [0.1, 0.15) is 6.10 Å². The molecule has 0 aromatic carbocycles. The molecule has 3 unspecified atom stereocenters. The van der Waals surface area contributed by atoms with Crippen LogP contribution in [-0.4, -0.2) is 43.8 Å². The molecule has 0 bridgehead atoms. The Bertz CT molecular complexity index is 129. The Morgan fingerprint density at radius 1 is 1.67 bits per heavy atom. The molecule has 1 heterocycles. The van der Waals surface area contributed by atoms with Gasteiger partial charge in [-0.2, -0.15) is 0 Å². The third-order valence-corrected chi connectivity index (χ3v) is 2.10. The zero-order chi connectivity index (χ0) is 8.97. The SMILES string of the molecule is CCOC1OCCC(NC)C1O. The van der Waals surface area contributed by atoms with E-state index in [0.29, 0.717) is 13.2 Å². The van der Waals surface area contributed by atoms with E-state index in [0.717, 1.165) is 6.42 Å². The smallest absolute Gasteiger partial charge is 0.184 e. The van der Waals surface area contributed by atoms with Gasteiger partial charge in [-0.3, -0.25) is 0 Å². The third kappa shape index (κ3) is 2.17. The van der Waals surface area contributed by atoms with Gasteiger partial charge in [0, 0.05) is 12.6 Å². The lowest BCUT2D eigenvalue weighted by Crippen LogP contribution is -2.51.